The Morgan fingerprint density at radius 2 is 2.28 bits per heavy atom. The van der Waals surface area contributed by atoms with Crippen LogP contribution < -0.4 is 5.32 Å². The Bertz CT molecular complexity index is 1060. The Morgan fingerprint density at radius 3 is 3.04 bits per heavy atom. The summed E-state index contributed by atoms with van der Waals surface area (Å²) in [6.45, 7) is 4.64. The highest BCUT2D eigenvalue weighted by Crippen LogP contribution is 2.24. The number of pyridine rings is 1. The van der Waals surface area contributed by atoms with Crippen LogP contribution in [0.4, 0.5) is 5.13 Å². The maximum Gasteiger partial charge on any atom is 0.261 e. The van der Waals surface area contributed by atoms with Gasteiger partial charge in [-0.2, -0.15) is 5.10 Å². The van der Waals surface area contributed by atoms with Gasteiger partial charge in [0.1, 0.15) is 6.33 Å². The first-order valence-electron chi connectivity index (χ1n) is 7.74. The zero-order chi connectivity index (χ0) is 17.4. The summed E-state index contributed by atoms with van der Waals surface area (Å²) in [6.07, 6.45) is 5.21. The minimum absolute atomic E-state index is 0.267. The predicted octanol–water partition coefficient (Wildman–Crippen LogP) is 2.63. The summed E-state index contributed by atoms with van der Waals surface area (Å²) in [5.74, 6) is -0.267. The lowest BCUT2D eigenvalue weighted by Gasteiger charge is -2.09. The molecule has 0 aliphatic heterocycles. The summed E-state index contributed by atoms with van der Waals surface area (Å²) in [6, 6.07) is 3.73. The third-order valence-corrected chi connectivity index (χ3v) is 4.66. The molecule has 0 radical (unpaired) electrons. The second kappa shape index (κ2) is 6.10. The molecule has 8 nitrogen and oxygen atoms in total. The van der Waals surface area contributed by atoms with Gasteiger partial charge in [-0.25, -0.2) is 4.98 Å². The Kier molecular flexibility index (Phi) is 3.77. The summed E-state index contributed by atoms with van der Waals surface area (Å²) >= 11 is 1.39. The smallest absolute Gasteiger partial charge is 0.261 e. The van der Waals surface area contributed by atoms with Crippen LogP contribution in [0.3, 0.4) is 0 Å². The third-order valence-electron chi connectivity index (χ3n) is 3.79. The third kappa shape index (κ3) is 2.78. The van der Waals surface area contributed by atoms with Gasteiger partial charge >= 0.3 is 0 Å². The van der Waals surface area contributed by atoms with E-state index in [1.165, 1.54) is 11.3 Å². The van der Waals surface area contributed by atoms with Crippen molar-refractivity contribution < 1.29 is 4.79 Å². The van der Waals surface area contributed by atoms with Crippen LogP contribution in [0.1, 0.15) is 23.0 Å². The molecule has 0 atom stereocenters. The van der Waals surface area contributed by atoms with Crippen molar-refractivity contribution in [2.75, 3.05) is 5.32 Å². The molecule has 4 heterocycles. The van der Waals surface area contributed by atoms with Crippen LogP contribution in [0.2, 0.25) is 0 Å². The lowest BCUT2D eigenvalue weighted by molar-refractivity contribution is 0.102. The molecule has 0 aromatic carbocycles. The minimum Gasteiger partial charge on any atom is -0.298 e. The Hall–Kier alpha value is -3.07. The number of aryl methyl sites for hydroxylation is 2. The molecule has 0 saturated carbocycles. The molecule has 0 aliphatic rings. The van der Waals surface area contributed by atoms with Gasteiger partial charge in [-0.3, -0.25) is 19.2 Å². The van der Waals surface area contributed by atoms with Gasteiger partial charge < -0.3 is 0 Å². The van der Waals surface area contributed by atoms with E-state index in [1.807, 2.05) is 42.2 Å². The van der Waals surface area contributed by atoms with E-state index in [0.717, 1.165) is 23.5 Å². The van der Waals surface area contributed by atoms with Gasteiger partial charge in [-0.15, -0.1) is 21.5 Å². The monoisotopic (exact) mass is 353 g/mol. The highest BCUT2D eigenvalue weighted by atomic mass is 32.1. The molecule has 0 bridgehead atoms. The number of carbonyl (C=O) groups is 1. The van der Waals surface area contributed by atoms with Crippen molar-refractivity contribution >= 4 is 28.0 Å². The van der Waals surface area contributed by atoms with Gasteiger partial charge in [-0.05, 0) is 26.0 Å². The largest absolute Gasteiger partial charge is 0.298 e. The molecule has 1 amide bonds. The molecule has 4 aromatic heterocycles. The number of thiazole rings is 1. The van der Waals surface area contributed by atoms with Gasteiger partial charge in [0.15, 0.2) is 10.8 Å². The van der Waals surface area contributed by atoms with Crippen molar-refractivity contribution in [2.45, 2.75) is 20.4 Å². The Labute approximate surface area is 147 Å². The van der Waals surface area contributed by atoms with E-state index >= 15 is 0 Å². The number of fused-ring (bicyclic) bond motifs is 1. The maximum atomic E-state index is 12.8. The standard InChI is InChI=1S/C16H15N7OS/c1-3-23-13(4-5-18-23)11-6-12(14-21-17-9-22(14)7-11)15(24)20-16-19-10(2)8-25-16/h4-9H,3H2,1-2H3,(H,19,20,24). The fourth-order valence-corrected chi connectivity index (χ4v) is 3.33. The number of hydrogen-bond acceptors (Lipinski definition) is 6. The van der Waals surface area contributed by atoms with Gasteiger partial charge in [0.05, 0.1) is 17.0 Å². The number of amides is 1. The average Bonchev–Trinajstić information content (AvgIpc) is 3.33. The second-order valence-electron chi connectivity index (χ2n) is 5.48. The van der Waals surface area contributed by atoms with E-state index in [4.69, 9.17) is 0 Å². The number of anilines is 1. The first kappa shape index (κ1) is 15.5. The molecule has 25 heavy (non-hydrogen) atoms. The number of nitrogens with one attached hydrogen (secondary N) is 1. The number of hydrogen-bond donors (Lipinski definition) is 1. The van der Waals surface area contributed by atoms with Crippen molar-refractivity contribution in [3.8, 4) is 11.3 Å². The van der Waals surface area contributed by atoms with E-state index < -0.39 is 0 Å². The van der Waals surface area contributed by atoms with Crippen LogP contribution in [0.5, 0.6) is 0 Å². The second-order valence-corrected chi connectivity index (χ2v) is 6.34. The van der Waals surface area contributed by atoms with Crippen LogP contribution >= 0.6 is 11.3 Å². The van der Waals surface area contributed by atoms with Gasteiger partial charge in [0.25, 0.3) is 5.91 Å². The van der Waals surface area contributed by atoms with Crippen LogP contribution in [0.15, 0.2) is 36.2 Å². The topological polar surface area (TPSA) is 90.0 Å². The van der Waals surface area contributed by atoms with Crippen LogP contribution in [0, 0.1) is 6.92 Å². The highest BCUT2D eigenvalue weighted by Gasteiger charge is 2.17. The van der Waals surface area contributed by atoms with Crippen molar-refractivity contribution in [1.29, 1.82) is 0 Å². The molecule has 126 valence electrons. The summed E-state index contributed by atoms with van der Waals surface area (Å²) in [5, 5.41) is 17.5. The molecule has 9 heteroatoms. The zero-order valence-electron chi connectivity index (χ0n) is 13.7. The van der Waals surface area contributed by atoms with Crippen molar-refractivity contribution in [2.24, 2.45) is 0 Å². The molecule has 4 aromatic rings. The minimum atomic E-state index is -0.267. The number of aromatic nitrogens is 6. The highest BCUT2D eigenvalue weighted by molar-refractivity contribution is 7.13. The normalized spacial score (nSPS) is 11.1. The van der Waals surface area contributed by atoms with Crippen molar-refractivity contribution in [3.63, 3.8) is 0 Å². The molecule has 0 spiro atoms. The van der Waals surface area contributed by atoms with Crippen molar-refractivity contribution in [1.82, 2.24) is 29.4 Å². The average molecular weight is 353 g/mol. The lowest BCUT2D eigenvalue weighted by Crippen LogP contribution is -2.14. The SMILES string of the molecule is CCn1nccc1-c1cc(C(=O)Nc2nc(C)cs2)c2nncn2c1. The van der Waals surface area contributed by atoms with Crippen LogP contribution in [0.25, 0.3) is 16.9 Å². The van der Waals surface area contributed by atoms with Crippen molar-refractivity contribution in [3.05, 3.63) is 47.5 Å². The number of nitrogens with zero attached hydrogens (tertiary/aromatic N) is 6. The first-order chi connectivity index (χ1) is 12.2. The summed E-state index contributed by atoms with van der Waals surface area (Å²) in [7, 11) is 0. The van der Waals surface area contributed by atoms with Gasteiger partial charge in [0.2, 0.25) is 0 Å². The Morgan fingerprint density at radius 1 is 1.40 bits per heavy atom. The quantitative estimate of drug-likeness (QED) is 0.609. The van der Waals surface area contributed by atoms with Crippen LogP contribution in [-0.2, 0) is 6.54 Å². The summed E-state index contributed by atoms with van der Waals surface area (Å²) < 4.78 is 3.61. The van der Waals surface area contributed by atoms with E-state index in [2.05, 4.69) is 25.6 Å². The first-order valence-corrected chi connectivity index (χ1v) is 8.62. The lowest BCUT2D eigenvalue weighted by atomic mass is 10.1. The molecular formula is C16H15N7OS. The molecule has 0 aliphatic carbocycles. The maximum absolute atomic E-state index is 12.8. The van der Waals surface area contributed by atoms with Crippen LogP contribution in [-0.4, -0.2) is 35.3 Å². The number of rotatable bonds is 4. The van der Waals surface area contributed by atoms with Gasteiger partial charge in [0, 0.05) is 29.9 Å². The fraction of sp³-hybridized carbons (Fsp3) is 0.188. The van der Waals surface area contributed by atoms with E-state index in [0.29, 0.717) is 16.3 Å². The van der Waals surface area contributed by atoms with E-state index in [9.17, 15) is 4.79 Å². The van der Waals surface area contributed by atoms with Gasteiger partial charge in [-0.1, -0.05) is 0 Å². The number of carbonyl (C=O) groups excluding carboxylic acids is 1. The van der Waals surface area contributed by atoms with E-state index in [-0.39, 0.29) is 5.91 Å². The molecular weight excluding hydrogens is 338 g/mol. The molecule has 1 N–H and O–H groups in total. The molecule has 0 saturated heterocycles. The molecule has 0 unspecified atom stereocenters. The summed E-state index contributed by atoms with van der Waals surface area (Å²) in [5.41, 5.74) is 3.60. The molecule has 0 fully saturated rings. The predicted molar refractivity (Wildman–Crippen MR) is 94.7 cm³/mol. The summed E-state index contributed by atoms with van der Waals surface area (Å²) in [4.78, 5) is 17.0. The Balaban J connectivity index is 1.79. The zero-order valence-corrected chi connectivity index (χ0v) is 14.5. The fourth-order valence-electron chi connectivity index (χ4n) is 2.65. The van der Waals surface area contributed by atoms with E-state index in [1.54, 1.807) is 16.9 Å². The molecule has 4 rings (SSSR count).